The van der Waals surface area contributed by atoms with E-state index in [1.54, 1.807) is 14.0 Å². The molecule has 6 nitrogen and oxygen atoms in total. The molecule has 0 atom stereocenters. The van der Waals surface area contributed by atoms with Crippen molar-refractivity contribution in [2.24, 2.45) is 7.05 Å². The fourth-order valence-corrected chi connectivity index (χ4v) is 1.72. The normalized spacial score (nSPS) is 10.3. The molecule has 0 fully saturated rings. The van der Waals surface area contributed by atoms with Crippen LogP contribution in [0.5, 0.6) is 0 Å². The summed E-state index contributed by atoms with van der Waals surface area (Å²) in [5.41, 5.74) is 0.649. The molecule has 0 saturated heterocycles. The first-order valence-corrected chi connectivity index (χ1v) is 5.73. The standard InChI is InChI=1S/C13H12FN3O3/c1-7-10(6-15-17(7)2)12(18)16-11-5-8(14)3-4-9(11)13(19)20/h3-6H,1-2H3,(H,16,18)(H,19,20). The molecule has 0 saturated carbocycles. The molecule has 2 rings (SSSR count). The third kappa shape index (κ3) is 2.51. The second-order valence-electron chi connectivity index (χ2n) is 4.22. The van der Waals surface area contributed by atoms with Gasteiger partial charge in [-0.05, 0) is 25.1 Å². The largest absolute Gasteiger partial charge is 0.478 e. The van der Waals surface area contributed by atoms with E-state index < -0.39 is 17.7 Å². The summed E-state index contributed by atoms with van der Waals surface area (Å²) in [7, 11) is 1.68. The Labute approximate surface area is 113 Å². The number of hydrogen-bond donors (Lipinski definition) is 2. The number of nitrogens with one attached hydrogen (secondary N) is 1. The quantitative estimate of drug-likeness (QED) is 0.896. The van der Waals surface area contributed by atoms with Crippen molar-refractivity contribution >= 4 is 17.6 Å². The van der Waals surface area contributed by atoms with Crippen molar-refractivity contribution in [2.75, 3.05) is 5.32 Å². The summed E-state index contributed by atoms with van der Waals surface area (Å²) in [6.45, 7) is 1.70. The zero-order chi connectivity index (χ0) is 14.9. The zero-order valence-electron chi connectivity index (χ0n) is 10.8. The van der Waals surface area contributed by atoms with Gasteiger partial charge in [0, 0.05) is 12.7 Å². The van der Waals surface area contributed by atoms with Crippen molar-refractivity contribution in [3.05, 3.63) is 47.0 Å². The molecule has 1 aromatic heterocycles. The van der Waals surface area contributed by atoms with Crippen molar-refractivity contribution in [1.29, 1.82) is 0 Å². The molecule has 0 aliphatic heterocycles. The maximum absolute atomic E-state index is 13.2. The van der Waals surface area contributed by atoms with E-state index in [1.165, 1.54) is 10.9 Å². The number of hydrogen-bond acceptors (Lipinski definition) is 3. The van der Waals surface area contributed by atoms with Crippen LogP contribution in [-0.4, -0.2) is 26.8 Å². The summed E-state index contributed by atoms with van der Waals surface area (Å²) in [4.78, 5) is 23.1. The molecular weight excluding hydrogens is 265 g/mol. The van der Waals surface area contributed by atoms with Gasteiger partial charge in [0.2, 0.25) is 0 Å². The molecule has 0 bridgehead atoms. The van der Waals surface area contributed by atoms with E-state index in [1.807, 2.05) is 0 Å². The summed E-state index contributed by atoms with van der Waals surface area (Å²) < 4.78 is 14.7. The zero-order valence-corrected chi connectivity index (χ0v) is 10.8. The van der Waals surface area contributed by atoms with E-state index in [4.69, 9.17) is 5.11 Å². The fourth-order valence-electron chi connectivity index (χ4n) is 1.72. The van der Waals surface area contributed by atoms with Gasteiger partial charge in [-0.25, -0.2) is 9.18 Å². The van der Waals surface area contributed by atoms with Gasteiger partial charge in [-0.2, -0.15) is 5.10 Å². The van der Waals surface area contributed by atoms with Crippen LogP contribution in [0.2, 0.25) is 0 Å². The summed E-state index contributed by atoms with van der Waals surface area (Å²) in [6, 6.07) is 3.09. The van der Waals surface area contributed by atoms with Gasteiger partial charge in [-0.15, -0.1) is 0 Å². The number of carboxylic acids is 1. The van der Waals surface area contributed by atoms with Gasteiger partial charge in [0.1, 0.15) is 5.82 Å². The summed E-state index contributed by atoms with van der Waals surface area (Å²) in [5, 5.41) is 15.3. The second kappa shape index (κ2) is 5.12. The molecule has 7 heteroatoms. The number of benzene rings is 1. The highest BCUT2D eigenvalue weighted by Crippen LogP contribution is 2.19. The van der Waals surface area contributed by atoms with Crippen molar-refractivity contribution < 1.29 is 19.1 Å². The van der Waals surface area contributed by atoms with Gasteiger partial charge in [-0.1, -0.05) is 0 Å². The van der Waals surface area contributed by atoms with Crippen LogP contribution in [0.15, 0.2) is 24.4 Å². The van der Waals surface area contributed by atoms with E-state index >= 15 is 0 Å². The summed E-state index contributed by atoms with van der Waals surface area (Å²) >= 11 is 0. The van der Waals surface area contributed by atoms with Gasteiger partial charge < -0.3 is 10.4 Å². The van der Waals surface area contributed by atoms with Crippen LogP contribution in [0.1, 0.15) is 26.4 Å². The van der Waals surface area contributed by atoms with Crippen LogP contribution >= 0.6 is 0 Å². The van der Waals surface area contributed by atoms with Crippen molar-refractivity contribution in [3.8, 4) is 0 Å². The first-order chi connectivity index (χ1) is 9.40. The van der Waals surface area contributed by atoms with Crippen LogP contribution in [0.4, 0.5) is 10.1 Å². The molecule has 104 valence electrons. The Morgan fingerprint density at radius 1 is 1.35 bits per heavy atom. The maximum Gasteiger partial charge on any atom is 0.337 e. The van der Waals surface area contributed by atoms with Gasteiger partial charge >= 0.3 is 5.97 Å². The van der Waals surface area contributed by atoms with Crippen molar-refractivity contribution in [1.82, 2.24) is 9.78 Å². The van der Waals surface area contributed by atoms with Gasteiger partial charge in [0.05, 0.1) is 23.0 Å². The maximum atomic E-state index is 13.2. The number of aryl methyl sites for hydroxylation is 1. The predicted octanol–water partition coefficient (Wildman–Crippen LogP) is 1.82. The number of carboxylic acid groups (broad SMARTS) is 1. The molecule has 1 amide bonds. The Kier molecular flexibility index (Phi) is 3.51. The SMILES string of the molecule is Cc1c(C(=O)Nc2cc(F)ccc2C(=O)O)cnn1C. The fraction of sp³-hybridized carbons (Fsp3) is 0.154. The van der Waals surface area contributed by atoms with Crippen molar-refractivity contribution in [2.45, 2.75) is 6.92 Å². The van der Waals surface area contributed by atoms with Crippen LogP contribution in [0.3, 0.4) is 0 Å². The lowest BCUT2D eigenvalue weighted by Crippen LogP contribution is -2.15. The molecule has 0 aliphatic rings. The number of carbonyl (C=O) groups excluding carboxylic acids is 1. The van der Waals surface area contributed by atoms with Gasteiger partial charge in [0.25, 0.3) is 5.91 Å². The van der Waals surface area contributed by atoms with E-state index in [0.29, 0.717) is 11.3 Å². The summed E-state index contributed by atoms with van der Waals surface area (Å²) in [6.07, 6.45) is 1.37. The Morgan fingerprint density at radius 3 is 2.60 bits per heavy atom. The Hall–Kier alpha value is -2.70. The second-order valence-corrected chi connectivity index (χ2v) is 4.22. The van der Waals surface area contributed by atoms with Crippen LogP contribution < -0.4 is 5.32 Å². The molecule has 0 radical (unpaired) electrons. The van der Waals surface area contributed by atoms with E-state index in [2.05, 4.69) is 10.4 Å². The smallest absolute Gasteiger partial charge is 0.337 e. The predicted molar refractivity (Wildman–Crippen MR) is 69.3 cm³/mol. The third-order valence-corrected chi connectivity index (χ3v) is 2.94. The highest BCUT2D eigenvalue weighted by molar-refractivity contribution is 6.08. The van der Waals surface area contributed by atoms with E-state index in [-0.39, 0.29) is 11.3 Å². The van der Waals surface area contributed by atoms with Crippen LogP contribution in [0.25, 0.3) is 0 Å². The Balaban J connectivity index is 2.35. The Morgan fingerprint density at radius 2 is 2.05 bits per heavy atom. The Bertz CT molecular complexity index is 694. The molecule has 20 heavy (non-hydrogen) atoms. The average Bonchev–Trinajstić information content (AvgIpc) is 2.69. The number of anilines is 1. The monoisotopic (exact) mass is 277 g/mol. The lowest BCUT2D eigenvalue weighted by atomic mass is 10.1. The first-order valence-electron chi connectivity index (χ1n) is 5.73. The lowest BCUT2D eigenvalue weighted by Gasteiger charge is -2.08. The molecule has 2 N–H and O–H groups in total. The minimum atomic E-state index is -1.25. The third-order valence-electron chi connectivity index (χ3n) is 2.94. The molecule has 2 aromatic rings. The molecule has 0 spiro atoms. The van der Waals surface area contributed by atoms with Gasteiger partial charge in [-0.3, -0.25) is 9.48 Å². The average molecular weight is 277 g/mol. The van der Waals surface area contributed by atoms with E-state index in [0.717, 1.165) is 18.2 Å². The molecular formula is C13H12FN3O3. The molecule has 1 aromatic carbocycles. The van der Waals surface area contributed by atoms with E-state index in [9.17, 15) is 14.0 Å². The van der Waals surface area contributed by atoms with Gasteiger partial charge in [0.15, 0.2) is 0 Å². The minimum absolute atomic E-state index is 0.0919. The molecule has 0 unspecified atom stereocenters. The number of amides is 1. The number of halogens is 1. The molecule has 1 heterocycles. The minimum Gasteiger partial charge on any atom is -0.478 e. The summed E-state index contributed by atoms with van der Waals surface area (Å²) in [5.74, 6) is -2.42. The van der Waals surface area contributed by atoms with Crippen molar-refractivity contribution in [3.63, 3.8) is 0 Å². The highest BCUT2D eigenvalue weighted by atomic mass is 19.1. The number of nitrogens with zero attached hydrogens (tertiary/aromatic N) is 2. The number of rotatable bonds is 3. The molecule has 0 aliphatic carbocycles. The highest BCUT2D eigenvalue weighted by Gasteiger charge is 2.17. The lowest BCUT2D eigenvalue weighted by molar-refractivity contribution is 0.0698. The van der Waals surface area contributed by atoms with Crippen LogP contribution in [0, 0.1) is 12.7 Å². The van der Waals surface area contributed by atoms with Crippen LogP contribution in [-0.2, 0) is 7.05 Å². The number of aromatic nitrogens is 2. The topological polar surface area (TPSA) is 84.2 Å². The number of carbonyl (C=O) groups is 2. The number of aromatic carboxylic acids is 1. The first kappa shape index (κ1) is 13.7.